The summed E-state index contributed by atoms with van der Waals surface area (Å²) < 4.78 is 7.22. The van der Waals surface area contributed by atoms with E-state index in [-0.39, 0.29) is 0 Å². The largest absolute Gasteiger partial charge is 0.449 e. The molecule has 3 aromatic rings. The Labute approximate surface area is 123 Å². The predicted octanol–water partition coefficient (Wildman–Crippen LogP) is 3.48. The first-order valence-corrected chi connectivity index (χ1v) is 7.03. The van der Waals surface area contributed by atoms with E-state index in [2.05, 4.69) is 22.3 Å². The molecule has 0 radical (unpaired) electrons. The van der Waals surface area contributed by atoms with Gasteiger partial charge in [0.25, 0.3) is 0 Å². The van der Waals surface area contributed by atoms with Crippen LogP contribution in [0.15, 0.2) is 47.2 Å². The summed E-state index contributed by atoms with van der Waals surface area (Å²) >= 11 is 0. The number of nitrogens with one attached hydrogen (secondary N) is 1. The highest BCUT2D eigenvalue weighted by Crippen LogP contribution is 2.21. The zero-order chi connectivity index (χ0) is 14.7. The van der Waals surface area contributed by atoms with Gasteiger partial charge in [-0.15, -0.1) is 0 Å². The van der Waals surface area contributed by atoms with Crippen LogP contribution in [0.5, 0.6) is 0 Å². The molecule has 108 valence electrons. The third kappa shape index (κ3) is 2.97. The molecule has 1 N–H and O–H groups in total. The summed E-state index contributed by atoms with van der Waals surface area (Å²) in [5, 5.41) is 7.66. The van der Waals surface area contributed by atoms with Gasteiger partial charge in [0.15, 0.2) is 5.89 Å². The molecule has 0 unspecified atom stereocenters. The Kier molecular flexibility index (Phi) is 3.73. The fourth-order valence-electron chi connectivity index (χ4n) is 2.24. The average Bonchev–Trinajstić information content (AvgIpc) is 3.14. The minimum atomic E-state index is 0.681. The normalized spacial score (nSPS) is 10.8. The summed E-state index contributed by atoms with van der Waals surface area (Å²) in [5.41, 5.74) is 4.16. The molecule has 5 heteroatoms. The number of oxazole rings is 1. The lowest BCUT2D eigenvalue weighted by molar-refractivity contribution is 0.521. The van der Waals surface area contributed by atoms with Crippen molar-refractivity contribution in [3.05, 3.63) is 54.4 Å². The number of nitrogens with zero attached hydrogens (tertiary/aromatic N) is 3. The molecular weight excluding hydrogens is 264 g/mol. The zero-order valence-electron chi connectivity index (χ0n) is 12.2. The van der Waals surface area contributed by atoms with Crippen molar-refractivity contribution in [3.8, 4) is 11.3 Å². The first-order valence-electron chi connectivity index (χ1n) is 7.03. The molecule has 21 heavy (non-hydrogen) atoms. The smallest absolute Gasteiger partial charge is 0.191 e. The zero-order valence-corrected chi connectivity index (χ0v) is 12.2. The molecule has 3 rings (SSSR count). The molecule has 0 atom stereocenters. The standard InChI is InChI=1S/C16H18N4O/c1-3-20-15(8-9-18-20)10-17-14-6-4-13(5-7-14)16-11-21-12(2)19-16/h4-9,11,17H,3,10H2,1-2H3. The second-order valence-corrected chi connectivity index (χ2v) is 4.82. The summed E-state index contributed by atoms with van der Waals surface area (Å²) in [5.74, 6) is 0.681. The highest BCUT2D eigenvalue weighted by Gasteiger charge is 2.04. The van der Waals surface area contributed by atoms with E-state index in [4.69, 9.17) is 4.42 Å². The summed E-state index contributed by atoms with van der Waals surface area (Å²) in [6, 6.07) is 10.2. The number of anilines is 1. The van der Waals surface area contributed by atoms with E-state index in [9.17, 15) is 0 Å². The van der Waals surface area contributed by atoms with Crippen LogP contribution >= 0.6 is 0 Å². The van der Waals surface area contributed by atoms with Gasteiger partial charge in [-0.25, -0.2) is 4.98 Å². The molecular formula is C16H18N4O. The molecule has 0 aliphatic heterocycles. The predicted molar refractivity (Wildman–Crippen MR) is 81.9 cm³/mol. The van der Waals surface area contributed by atoms with E-state index >= 15 is 0 Å². The summed E-state index contributed by atoms with van der Waals surface area (Å²) in [7, 11) is 0. The van der Waals surface area contributed by atoms with Crippen molar-refractivity contribution in [1.82, 2.24) is 14.8 Å². The minimum absolute atomic E-state index is 0.681. The summed E-state index contributed by atoms with van der Waals surface area (Å²) in [6.45, 7) is 5.58. The first kappa shape index (κ1) is 13.4. The quantitative estimate of drug-likeness (QED) is 0.778. The van der Waals surface area contributed by atoms with Gasteiger partial charge in [-0.3, -0.25) is 4.68 Å². The second kappa shape index (κ2) is 5.83. The van der Waals surface area contributed by atoms with Crippen molar-refractivity contribution in [2.45, 2.75) is 26.9 Å². The molecule has 0 bridgehead atoms. The second-order valence-electron chi connectivity index (χ2n) is 4.82. The lowest BCUT2D eigenvalue weighted by Gasteiger charge is -2.08. The van der Waals surface area contributed by atoms with E-state index in [0.717, 1.165) is 30.0 Å². The Balaban J connectivity index is 1.67. The number of hydrogen-bond acceptors (Lipinski definition) is 4. The van der Waals surface area contributed by atoms with Crippen LogP contribution in [0.3, 0.4) is 0 Å². The van der Waals surface area contributed by atoms with E-state index in [0.29, 0.717) is 5.89 Å². The third-order valence-electron chi connectivity index (χ3n) is 3.38. The lowest BCUT2D eigenvalue weighted by atomic mass is 10.1. The number of aromatic nitrogens is 3. The molecule has 0 fully saturated rings. The molecule has 0 saturated carbocycles. The maximum atomic E-state index is 5.23. The Morgan fingerprint density at radius 3 is 2.67 bits per heavy atom. The number of benzene rings is 1. The topological polar surface area (TPSA) is 55.9 Å². The van der Waals surface area contributed by atoms with Crippen LogP contribution in [-0.2, 0) is 13.1 Å². The van der Waals surface area contributed by atoms with Crippen molar-refractivity contribution in [2.24, 2.45) is 0 Å². The average molecular weight is 282 g/mol. The Hall–Kier alpha value is -2.56. The number of rotatable bonds is 5. The molecule has 0 amide bonds. The van der Waals surface area contributed by atoms with Gasteiger partial charge in [0.1, 0.15) is 12.0 Å². The van der Waals surface area contributed by atoms with Gasteiger partial charge < -0.3 is 9.73 Å². The molecule has 1 aromatic carbocycles. The van der Waals surface area contributed by atoms with Gasteiger partial charge >= 0.3 is 0 Å². The Morgan fingerprint density at radius 2 is 2.00 bits per heavy atom. The molecule has 0 saturated heterocycles. The molecule has 0 aliphatic rings. The summed E-state index contributed by atoms with van der Waals surface area (Å²) in [4.78, 5) is 4.32. The van der Waals surface area contributed by atoms with Gasteiger partial charge in [0.2, 0.25) is 0 Å². The van der Waals surface area contributed by atoms with E-state index in [1.165, 1.54) is 5.69 Å². The lowest BCUT2D eigenvalue weighted by Crippen LogP contribution is -2.07. The fourth-order valence-corrected chi connectivity index (χ4v) is 2.24. The maximum absolute atomic E-state index is 5.23. The van der Waals surface area contributed by atoms with Crippen LogP contribution in [0.4, 0.5) is 5.69 Å². The van der Waals surface area contributed by atoms with Gasteiger partial charge in [-0.05, 0) is 25.1 Å². The van der Waals surface area contributed by atoms with Crippen molar-refractivity contribution in [1.29, 1.82) is 0 Å². The highest BCUT2D eigenvalue weighted by molar-refractivity contribution is 5.61. The maximum Gasteiger partial charge on any atom is 0.191 e. The van der Waals surface area contributed by atoms with Crippen LogP contribution in [0.1, 0.15) is 18.5 Å². The Morgan fingerprint density at radius 1 is 1.19 bits per heavy atom. The molecule has 2 aromatic heterocycles. The number of aryl methyl sites for hydroxylation is 2. The first-order chi connectivity index (χ1) is 10.3. The van der Waals surface area contributed by atoms with Crippen molar-refractivity contribution in [3.63, 3.8) is 0 Å². The highest BCUT2D eigenvalue weighted by atomic mass is 16.3. The van der Waals surface area contributed by atoms with Crippen molar-refractivity contribution >= 4 is 5.69 Å². The van der Waals surface area contributed by atoms with Crippen LogP contribution in [0.2, 0.25) is 0 Å². The fraction of sp³-hybridized carbons (Fsp3) is 0.250. The van der Waals surface area contributed by atoms with Crippen LogP contribution in [-0.4, -0.2) is 14.8 Å². The van der Waals surface area contributed by atoms with Crippen LogP contribution in [0, 0.1) is 6.92 Å². The van der Waals surface area contributed by atoms with Gasteiger partial charge in [-0.1, -0.05) is 12.1 Å². The molecule has 5 nitrogen and oxygen atoms in total. The summed E-state index contributed by atoms with van der Waals surface area (Å²) in [6.07, 6.45) is 3.51. The minimum Gasteiger partial charge on any atom is -0.449 e. The molecule has 2 heterocycles. The van der Waals surface area contributed by atoms with Crippen molar-refractivity contribution in [2.75, 3.05) is 5.32 Å². The van der Waals surface area contributed by atoms with Crippen LogP contribution < -0.4 is 5.32 Å². The van der Waals surface area contributed by atoms with Crippen molar-refractivity contribution < 1.29 is 4.42 Å². The third-order valence-corrected chi connectivity index (χ3v) is 3.38. The monoisotopic (exact) mass is 282 g/mol. The van der Waals surface area contributed by atoms with E-state index in [1.54, 1.807) is 6.26 Å². The SMILES string of the molecule is CCn1nccc1CNc1ccc(-c2coc(C)n2)cc1. The van der Waals surface area contributed by atoms with Gasteiger partial charge in [0, 0.05) is 30.9 Å². The van der Waals surface area contributed by atoms with E-state index < -0.39 is 0 Å². The van der Waals surface area contributed by atoms with Gasteiger partial charge in [0.05, 0.1) is 12.2 Å². The molecule has 0 spiro atoms. The molecule has 0 aliphatic carbocycles. The Bertz CT molecular complexity index is 712. The van der Waals surface area contributed by atoms with E-state index in [1.807, 2.05) is 48.1 Å². The van der Waals surface area contributed by atoms with Gasteiger partial charge in [-0.2, -0.15) is 5.10 Å². The number of hydrogen-bond donors (Lipinski definition) is 1. The van der Waals surface area contributed by atoms with Crippen LogP contribution in [0.25, 0.3) is 11.3 Å².